The van der Waals surface area contributed by atoms with E-state index in [1.54, 1.807) is 0 Å². The van der Waals surface area contributed by atoms with E-state index < -0.39 is 22.2 Å². The fourth-order valence-electron chi connectivity index (χ4n) is 2.63. The first-order chi connectivity index (χ1) is 13.9. The van der Waals surface area contributed by atoms with Crippen molar-refractivity contribution in [1.82, 2.24) is 15.0 Å². The van der Waals surface area contributed by atoms with Gasteiger partial charge < -0.3 is 10.6 Å². The van der Waals surface area contributed by atoms with Crippen molar-refractivity contribution in [3.63, 3.8) is 0 Å². The summed E-state index contributed by atoms with van der Waals surface area (Å²) in [6.45, 7) is 1.96. The van der Waals surface area contributed by atoms with Crippen LogP contribution in [0.2, 0.25) is 0 Å². The molecule has 2 heterocycles. The van der Waals surface area contributed by atoms with Crippen LogP contribution in [-0.2, 0) is 0 Å². The van der Waals surface area contributed by atoms with Crippen LogP contribution in [0.5, 0.6) is 0 Å². The molecule has 0 amide bonds. The standard InChI is InChI=1S/C18H12F2N6O2S/c1-9-2-5-13-14(6-9)29-18(24-13)25-17-15(26(27)28)16(21-8-22-17)23-10-3-4-11(19)12(20)7-10/h2-8H,1H3,(H2,21,22,23,24,25). The van der Waals surface area contributed by atoms with Crippen LogP contribution in [-0.4, -0.2) is 19.9 Å². The van der Waals surface area contributed by atoms with Crippen LogP contribution in [0.15, 0.2) is 42.7 Å². The molecule has 0 aliphatic rings. The number of fused-ring (bicyclic) bond motifs is 1. The molecule has 0 aliphatic heterocycles. The van der Waals surface area contributed by atoms with Crippen LogP contribution in [0.3, 0.4) is 0 Å². The van der Waals surface area contributed by atoms with E-state index in [1.807, 2.05) is 25.1 Å². The van der Waals surface area contributed by atoms with Crippen molar-refractivity contribution in [3.8, 4) is 0 Å². The first-order valence-electron chi connectivity index (χ1n) is 8.26. The summed E-state index contributed by atoms with van der Waals surface area (Å²) in [5.74, 6) is -2.36. The first kappa shape index (κ1) is 18.6. The Morgan fingerprint density at radius 3 is 2.52 bits per heavy atom. The van der Waals surface area contributed by atoms with Gasteiger partial charge in [0.15, 0.2) is 16.8 Å². The van der Waals surface area contributed by atoms with Crippen LogP contribution in [0.1, 0.15) is 5.56 Å². The molecule has 0 spiro atoms. The molecular weight excluding hydrogens is 402 g/mol. The lowest BCUT2D eigenvalue weighted by Gasteiger charge is -2.09. The number of thiazole rings is 1. The molecule has 8 nitrogen and oxygen atoms in total. The molecule has 2 N–H and O–H groups in total. The Morgan fingerprint density at radius 2 is 1.79 bits per heavy atom. The van der Waals surface area contributed by atoms with Crippen molar-refractivity contribution >= 4 is 49.7 Å². The number of hydrogen-bond donors (Lipinski definition) is 2. The highest BCUT2D eigenvalue weighted by Crippen LogP contribution is 2.35. The quantitative estimate of drug-likeness (QED) is 0.347. The van der Waals surface area contributed by atoms with Gasteiger partial charge in [0, 0.05) is 11.8 Å². The maximum Gasteiger partial charge on any atom is 0.353 e. The fraction of sp³-hybridized carbons (Fsp3) is 0.0556. The summed E-state index contributed by atoms with van der Waals surface area (Å²) < 4.78 is 27.5. The summed E-state index contributed by atoms with van der Waals surface area (Å²) in [5, 5.41) is 17.6. The van der Waals surface area contributed by atoms with E-state index in [1.165, 1.54) is 17.4 Å². The van der Waals surface area contributed by atoms with Crippen molar-refractivity contribution in [1.29, 1.82) is 0 Å². The number of nitrogens with zero attached hydrogens (tertiary/aromatic N) is 4. The number of aromatic nitrogens is 3. The Labute approximate surface area is 166 Å². The minimum atomic E-state index is -1.09. The van der Waals surface area contributed by atoms with Gasteiger partial charge in [-0.2, -0.15) is 0 Å². The molecule has 0 aliphatic carbocycles. The smallest absolute Gasteiger partial charge is 0.334 e. The fourth-order valence-corrected chi connectivity index (χ4v) is 3.59. The van der Waals surface area contributed by atoms with Gasteiger partial charge in [-0.05, 0) is 36.8 Å². The maximum atomic E-state index is 13.4. The molecule has 11 heteroatoms. The molecule has 146 valence electrons. The number of nitro groups is 1. The highest BCUT2D eigenvalue weighted by molar-refractivity contribution is 7.22. The lowest BCUT2D eigenvalue weighted by Crippen LogP contribution is -2.05. The Kier molecular flexibility index (Phi) is 4.72. The van der Waals surface area contributed by atoms with Gasteiger partial charge in [0.05, 0.1) is 15.1 Å². The van der Waals surface area contributed by atoms with Crippen molar-refractivity contribution in [2.75, 3.05) is 10.6 Å². The van der Waals surface area contributed by atoms with Gasteiger partial charge in [-0.3, -0.25) is 10.1 Å². The zero-order valence-corrected chi connectivity index (χ0v) is 15.6. The number of aryl methyl sites for hydroxylation is 1. The van der Waals surface area contributed by atoms with E-state index in [2.05, 4.69) is 25.6 Å². The van der Waals surface area contributed by atoms with E-state index in [4.69, 9.17) is 0 Å². The molecule has 4 rings (SSSR count). The molecule has 0 radical (unpaired) electrons. The van der Waals surface area contributed by atoms with Gasteiger partial charge in [0.2, 0.25) is 11.6 Å². The highest BCUT2D eigenvalue weighted by Gasteiger charge is 2.24. The predicted molar refractivity (Wildman–Crippen MR) is 106 cm³/mol. The zero-order valence-electron chi connectivity index (χ0n) is 14.8. The molecule has 0 fully saturated rings. The summed E-state index contributed by atoms with van der Waals surface area (Å²) in [5.41, 5.74) is 1.47. The molecule has 0 bridgehead atoms. The van der Waals surface area contributed by atoms with Gasteiger partial charge in [-0.1, -0.05) is 17.4 Å². The third-order valence-corrected chi connectivity index (χ3v) is 4.89. The SMILES string of the molecule is Cc1ccc2nc(Nc3ncnc(Nc4ccc(F)c(F)c4)c3[N+](=O)[O-])sc2c1. The van der Waals surface area contributed by atoms with E-state index >= 15 is 0 Å². The minimum absolute atomic E-state index is 0.0779. The molecule has 2 aromatic heterocycles. The average Bonchev–Trinajstić information content (AvgIpc) is 3.06. The number of hydrogen-bond acceptors (Lipinski definition) is 8. The van der Waals surface area contributed by atoms with Crippen LogP contribution >= 0.6 is 11.3 Å². The van der Waals surface area contributed by atoms with Crippen LogP contribution in [0, 0.1) is 28.7 Å². The number of anilines is 4. The molecule has 0 atom stereocenters. The molecule has 0 saturated carbocycles. The van der Waals surface area contributed by atoms with Crippen molar-refractivity contribution in [3.05, 3.63) is 70.0 Å². The third-order valence-electron chi connectivity index (χ3n) is 3.96. The monoisotopic (exact) mass is 414 g/mol. The Hall–Kier alpha value is -3.73. The maximum absolute atomic E-state index is 13.4. The molecule has 4 aromatic rings. The number of halogens is 2. The Balaban J connectivity index is 1.70. The summed E-state index contributed by atoms with van der Waals surface area (Å²) in [6, 6.07) is 8.77. The van der Waals surface area contributed by atoms with Gasteiger partial charge >= 0.3 is 5.69 Å². The average molecular weight is 414 g/mol. The normalized spacial score (nSPS) is 10.9. The largest absolute Gasteiger partial charge is 0.353 e. The molecule has 0 saturated heterocycles. The van der Waals surface area contributed by atoms with Gasteiger partial charge in [0.25, 0.3) is 0 Å². The van der Waals surface area contributed by atoms with Crippen LogP contribution in [0.4, 0.5) is 36.9 Å². The van der Waals surface area contributed by atoms with E-state index in [0.29, 0.717) is 5.13 Å². The topological polar surface area (TPSA) is 106 Å². The Morgan fingerprint density at radius 1 is 1.03 bits per heavy atom. The van der Waals surface area contributed by atoms with E-state index in [0.717, 1.165) is 34.2 Å². The lowest BCUT2D eigenvalue weighted by molar-refractivity contribution is -0.383. The molecule has 0 unspecified atom stereocenters. The zero-order chi connectivity index (χ0) is 20.5. The minimum Gasteiger partial charge on any atom is -0.334 e. The molecular formula is C18H12F2N6O2S. The predicted octanol–water partition coefficient (Wildman–Crippen LogP) is 5.07. The summed E-state index contributed by atoms with van der Waals surface area (Å²) in [4.78, 5) is 23.2. The second-order valence-corrected chi connectivity index (χ2v) is 7.08. The summed E-state index contributed by atoms with van der Waals surface area (Å²) in [7, 11) is 0. The summed E-state index contributed by atoms with van der Waals surface area (Å²) in [6.07, 6.45) is 1.12. The third kappa shape index (κ3) is 3.80. The van der Waals surface area contributed by atoms with Gasteiger partial charge in [-0.15, -0.1) is 0 Å². The van der Waals surface area contributed by atoms with Crippen LogP contribution in [0.25, 0.3) is 10.2 Å². The van der Waals surface area contributed by atoms with E-state index in [9.17, 15) is 18.9 Å². The Bertz CT molecular complexity index is 1250. The number of rotatable bonds is 5. The molecule has 29 heavy (non-hydrogen) atoms. The van der Waals surface area contributed by atoms with Crippen LogP contribution < -0.4 is 10.6 Å². The first-order valence-corrected chi connectivity index (χ1v) is 9.08. The molecule has 2 aromatic carbocycles. The lowest BCUT2D eigenvalue weighted by atomic mass is 10.2. The van der Waals surface area contributed by atoms with E-state index in [-0.39, 0.29) is 17.3 Å². The summed E-state index contributed by atoms with van der Waals surface area (Å²) >= 11 is 1.32. The second kappa shape index (κ2) is 7.36. The van der Waals surface area contributed by atoms with Crippen molar-refractivity contribution in [2.24, 2.45) is 0 Å². The number of benzene rings is 2. The second-order valence-electron chi connectivity index (χ2n) is 6.05. The highest BCUT2D eigenvalue weighted by atomic mass is 32.1. The van der Waals surface area contributed by atoms with Crippen molar-refractivity contribution in [2.45, 2.75) is 6.92 Å². The van der Waals surface area contributed by atoms with Gasteiger partial charge in [0.1, 0.15) is 6.33 Å². The van der Waals surface area contributed by atoms with Crippen molar-refractivity contribution < 1.29 is 13.7 Å². The number of nitrogens with one attached hydrogen (secondary N) is 2. The van der Waals surface area contributed by atoms with Gasteiger partial charge in [-0.25, -0.2) is 23.7 Å².